The van der Waals surface area contributed by atoms with Crippen LogP contribution in [0.4, 0.5) is 5.69 Å². The summed E-state index contributed by atoms with van der Waals surface area (Å²) in [4.78, 5) is 37.8. The molecule has 1 atom stereocenters. The fourth-order valence-electron chi connectivity index (χ4n) is 2.56. The van der Waals surface area contributed by atoms with Gasteiger partial charge in [0.25, 0.3) is 0 Å². The SMILES string of the molecule is COC(=O)c1ccccc1N1CC(C(=O)NCC(C)C)CC1=O. The summed E-state index contributed by atoms with van der Waals surface area (Å²) >= 11 is 0. The zero-order valence-corrected chi connectivity index (χ0v) is 13.7. The average Bonchev–Trinajstić information content (AvgIpc) is 2.93. The Kier molecular flexibility index (Phi) is 5.36. The molecule has 1 aliphatic rings. The molecule has 1 unspecified atom stereocenters. The van der Waals surface area contributed by atoms with Crippen molar-refractivity contribution in [2.75, 3.05) is 25.1 Å². The Labute approximate surface area is 135 Å². The number of esters is 1. The van der Waals surface area contributed by atoms with Crippen LogP contribution >= 0.6 is 0 Å². The normalized spacial score (nSPS) is 17.5. The maximum absolute atomic E-state index is 12.3. The van der Waals surface area contributed by atoms with Crippen molar-refractivity contribution < 1.29 is 19.1 Å². The standard InChI is InChI=1S/C17H22N2O4/c1-11(2)9-18-16(21)12-8-15(20)19(10-12)14-7-5-4-6-13(14)17(22)23-3/h4-7,11-12H,8-10H2,1-3H3,(H,18,21). The summed E-state index contributed by atoms with van der Waals surface area (Å²) in [5, 5.41) is 2.86. The molecule has 6 nitrogen and oxygen atoms in total. The van der Waals surface area contributed by atoms with Crippen molar-refractivity contribution >= 4 is 23.5 Å². The first kappa shape index (κ1) is 17.0. The smallest absolute Gasteiger partial charge is 0.339 e. The third-order valence-electron chi connectivity index (χ3n) is 3.78. The molecule has 0 saturated carbocycles. The molecule has 0 spiro atoms. The van der Waals surface area contributed by atoms with Crippen LogP contribution in [0.3, 0.4) is 0 Å². The van der Waals surface area contributed by atoms with Crippen molar-refractivity contribution in [3.8, 4) is 0 Å². The Bertz CT molecular complexity index is 612. The maximum Gasteiger partial charge on any atom is 0.339 e. The molecule has 0 aliphatic carbocycles. The van der Waals surface area contributed by atoms with Gasteiger partial charge in [-0.3, -0.25) is 9.59 Å². The molecule has 2 rings (SSSR count). The van der Waals surface area contributed by atoms with Crippen molar-refractivity contribution in [1.29, 1.82) is 0 Å². The van der Waals surface area contributed by atoms with Crippen LogP contribution in [0.2, 0.25) is 0 Å². The number of nitrogens with one attached hydrogen (secondary N) is 1. The fourth-order valence-corrected chi connectivity index (χ4v) is 2.56. The lowest BCUT2D eigenvalue weighted by Crippen LogP contribution is -2.35. The Morgan fingerprint density at radius 3 is 2.70 bits per heavy atom. The summed E-state index contributed by atoms with van der Waals surface area (Å²) in [7, 11) is 1.30. The predicted molar refractivity (Wildman–Crippen MR) is 86.1 cm³/mol. The van der Waals surface area contributed by atoms with Gasteiger partial charge in [-0.1, -0.05) is 26.0 Å². The quantitative estimate of drug-likeness (QED) is 0.837. The molecule has 124 valence electrons. The van der Waals surface area contributed by atoms with Crippen LogP contribution < -0.4 is 10.2 Å². The lowest BCUT2D eigenvalue weighted by molar-refractivity contribution is -0.126. The van der Waals surface area contributed by atoms with Gasteiger partial charge in [-0.2, -0.15) is 0 Å². The minimum atomic E-state index is -0.499. The molecular formula is C17H22N2O4. The number of para-hydroxylation sites is 1. The van der Waals surface area contributed by atoms with Crippen molar-refractivity contribution in [3.05, 3.63) is 29.8 Å². The van der Waals surface area contributed by atoms with Gasteiger partial charge < -0.3 is 15.0 Å². The summed E-state index contributed by atoms with van der Waals surface area (Å²) in [5.41, 5.74) is 0.815. The third kappa shape index (κ3) is 3.88. The van der Waals surface area contributed by atoms with Crippen molar-refractivity contribution in [3.63, 3.8) is 0 Å². The summed E-state index contributed by atoms with van der Waals surface area (Å²) in [6, 6.07) is 6.77. The first-order chi connectivity index (χ1) is 10.9. The highest BCUT2D eigenvalue weighted by molar-refractivity contribution is 6.05. The van der Waals surface area contributed by atoms with Crippen LogP contribution in [0.5, 0.6) is 0 Å². The van der Waals surface area contributed by atoms with Gasteiger partial charge in [0.2, 0.25) is 11.8 Å². The van der Waals surface area contributed by atoms with Crippen LogP contribution in [0.15, 0.2) is 24.3 Å². The van der Waals surface area contributed by atoms with E-state index in [1.54, 1.807) is 24.3 Å². The monoisotopic (exact) mass is 318 g/mol. The zero-order valence-electron chi connectivity index (χ0n) is 13.7. The number of carbonyl (C=O) groups excluding carboxylic acids is 3. The average molecular weight is 318 g/mol. The molecule has 1 aromatic carbocycles. The number of nitrogens with zero attached hydrogens (tertiary/aromatic N) is 1. The van der Waals surface area contributed by atoms with Crippen LogP contribution in [0.1, 0.15) is 30.6 Å². The van der Waals surface area contributed by atoms with E-state index in [4.69, 9.17) is 4.74 Å². The van der Waals surface area contributed by atoms with Gasteiger partial charge in [0.1, 0.15) is 0 Å². The highest BCUT2D eigenvalue weighted by atomic mass is 16.5. The molecule has 0 radical (unpaired) electrons. The van der Waals surface area contributed by atoms with Crippen molar-refractivity contribution in [2.45, 2.75) is 20.3 Å². The lowest BCUT2D eigenvalue weighted by atomic mass is 10.1. The number of hydrogen-bond acceptors (Lipinski definition) is 4. The molecule has 1 saturated heterocycles. The molecule has 23 heavy (non-hydrogen) atoms. The lowest BCUT2D eigenvalue weighted by Gasteiger charge is -2.19. The molecule has 1 N–H and O–H groups in total. The van der Waals surface area contributed by atoms with Gasteiger partial charge in [-0.25, -0.2) is 4.79 Å². The first-order valence-electron chi connectivity index (χ1n) is 7.69. The Morgan fingerprint density at radius 1 is 1.35 bits per heavy atom. The number of methoxy groups -OCH3 is 1. The summed E-state index contributed by atoms with van der Waals surface area (Å²) < 4.78 is 4.75. The van der Waals surface area contributed by atoms with E-state index in [9.17, 15) is 14.4 Å². The van der Waals surface area contributed by atoms with Crippen LogP contribution in [-0.4, -0.2) is 38.0 Å². The second-order valence-electron chi connectivity index (χ2n) is 6.05. The number of hydrogen-bond donors (Lipinski definition) is 1. The third-order valence-corrected chi connectivity index (χ3v) is 3.78. The molecular weight excluding hydrogens is 296 g/mol. The van der Waals surface area contributed by atoms with Gasteiger partial charge in [0.05, 0.1) is 24.3 Å². The van der Waals surface area contributed by atoms with E-state index in [1.165, 1.54) is 12.0 Å². The number of benzene rings is 1. The fraction of sp³-hybridized carbons (Fsp3) is 0.471. The van der Waals surface area contributed by atoms with E-state index in [-0.39, 0.29) is 24.8 Å². The van der Waals surface area contributed by atoms with Gasteiger partial charge >= 0.3 is 5.97 Å². The molecule has 2 amide bonds. The largest absolute Gasteiger partial charge is 0.465 e. The molecule has 0 bridgehead atoms. The molecule has 0 aromatic heterocycles. The number of amides is 2. The van der Waals surface area contributed by atoms with Crippen molar-refractivity contribution in [1.82, 2.24) is 5.32 Å². The highest BCUT2D eigenvalue weighted by Crippen LogP contribution is 2.28. The van der Waals surface area contributed by atoms with Crippen LogP contribution in [-0.2, 0) is 14.3 Å². The molecule has 1 heterocycles. The van der Waals surface area contributed by atoms with Crippen molar-refractivity contribution in [2.24, 2.45) is 11.8 Å². The van der Waals surface area contributed by atoms with Gasteiger partial charge in [0.15, 0.2) is 0 Å². The van der Waals surface area contributed by atoms with Gasteiger partial charge in [-0.05, 0) is 18.1 Å². The van der Waals surface area contributed by atoms with E-state index in [1.807, 2.05) is 13.8 Å². The molecule has 1 aliphatic heterocycles. The van der Waals surface area contributed by atoms with E-state index >= 15 is 0 Å². The van der Waals surface area contributed by atoms with Crippen LogP contribution in [0.25, 0.3) is 0 Å². The van der Waals surface area contributed by atoms with Gasteiger partial charge in [-0.15, -0.1) is 0 Å². The number of rotatable bonds is 5. The summed E-state index contributed by atoms with van der Waals surface area (Å²) in [5.74, 6) is -0.823. The zero-order chi connectivity index (χ0) is 17.0. The number of carbonyl (C=O) groups is 3. The van der Waals surface area contributed by atoms with E-state index in [2.05, 4.69) is 5.32 Å². The molecule has 1 fully saturated rings. The number of ether oxygens (including phenoxy) is 1. The first-order valence-corrected chi connectivity index (χ1v) is 7.69. The summed E-state index contributed by atoms with van der Waals surface area (Å²) in [6.07, 6.45) is 0.152. The number of anilines is 1. The Balaban J connectivity index is 2.15. The summed E-state index contributed by atoms with van der Waals surface area (Å²) in [6.45, 7) is 4.89. The van der Waals surface area contributed by atoms with E-state index < -0.39 is 11.9 Å². The topological polar surface area (TPSA) is 75.7 Å². The second-order valence-corrected chi connectivity index (χ2v) is 6.05. The maximum atomic E-state index is 12.3. The Hall–Kier alpha value is -2.37. The molecule has 6 heteroatoms. The second kappa shape index (κ2) is 7.26. The van der Waals surface area contributed by atoms with E-state index in [0.29, 0.717) is 23.7 Å². The molecule has 1 aromatic rings. The van der Waals surface area contributed by atoms with Gasteiger partial charge in [0, 0.05) is 19.5 Å². The van der Waals surface area contributed by atoms with E-state index in [0.717, 1.165) is 0 Å². The minimum absolute atomic E-state index is 0.120. The Morgan fingerprint density at radius 2 is 2.04 bits per heavy atom. The highest BCUT2D eigenvalue weighted by Gasteiger charge is 2.36. The predicted octanol–water partition coefficient (Wildman–Crippen LogP) is 1.60. The minimum Gasteiger partial charge on any atom is -0.465 e. The van der Waals surface area contributed by atoms with Crippen LogP contribution in [0, 0.1) is 11.8 Å².